The molecule has 0 spiro atoms. The van der Waals surface area contributed by atoms with Gasteiger partial charge in [-0.25, -0.2) is 0 Å². The lowest BCUT2D eigenvalue weighted by Gasteiger charge is -2.14. The molecular formula is C50H36N4+2. The van der Waals surface area contributed by atoms with Gasteiger partial charge in [-0.15, -0.1) is 0 Å². The molecule has 0 saturated heterocycles. The summed E-state index contributed by atoms with van der Waals surface area (Å²) in [5.74, 6) is 0. The van der Waals surface area contributed by atoms with Crippen molar-refractivity contribution in [1.82, 2.24) is 9.97 Å². The lowest BCUT2D eigenvalue weighted by molar-refractivity contribution is -0.580. The van der Waals surface area contributed by atoms with Crippen LogP contribution in [-0.2, 0) is 0 Å². The molecule has 5 aromatic carbocycles. The van der Waals surface area contributed by atoms with Gasteiger partial charge < -0.3 is 0 Å². The van der Waals surface area contributed by atoms with Crippen molar-refractivity contribution < 1.29 is 9.13 Å². The van der Waals surface area contributed by atoms with Crippen LogP contribution in [0.25, 0.3) is 78.7 Å². The molecule has 4 nitrogen and oxygen atoms in total. The lowest BCUT2D eigenvalue weighted by atomic mass is 9.98. The zero-order valence-electron chi connectivity index (χ0n) is 29.6. The van der Waals surface area contributed by atoms with Crippen molar-refractivity contribution in [2.45, 2.75) is 0 Å². The lowest BCUT2D eigenvalue weighted by Crippen LogP contribution is -2.39. The maximum atomic E-state index is 4.31. The molecule has 0 fully saturated rings. The molecule has 0 aliphatic rings. The van der Waals surface area contributed by atoms with Gasteiger partial charge in [0.1, 0.15) is 0 Å². The van der Waals surface area contributed by atoms with Crippen LogP contribution in [-0.4, -0.2) is 9.97 Å². The van der Waals surface area contributed by atoms with Crippen LogP contribution in [0.5, 0.6) is 0 Å². The van der Waals surface area contributed by atoms with E-state index >= 15 is 0 Å². The van der Waals surface area contributed by atoms with Crippen LogP contribution >= 0.6 is 0 Å². The van der Waals surface area contributed by atoms with Gasteiger partial charge in [-0.1, -0.05) is 72.8 Å². The van der Waals surface area contributed by atoms with Crippen LogP contribution in [0.3, 0.4) is 0 Å². The van der Waals surface area contributed by atoms with Crippen molar-refractivity contribution >= 4 is 0 Å². The van der Waals surface area contributed by atoms with Gasteiger partial charge >= 0.3 is 0 Å². The smallest absolute Gasteiger partial charge is 0.219 e. The number of nitrogens with zero attached hydrogens (tertiary/aromatic N) is 4. The summed E-state index contributed by atoms with van der Waals surface area (Å²) in [6.45, 7) is 0. The SMILES string of the molecule is c1ccc(-c2cc(-c3ccncc3)cc(-c3ccccc3)[n+]2-c2cccc(-[n+]3c(-c4ccccc4)cc(-c4ccncc4)cc3-c3ccccc3)c2)cc1. The largest absolute Gasteiger partial charge is 0.265 e. The Kier molecular flexibility index (Phi) is 8.90. The second kappa shape index (κ2) is 14.7. The van der Waals surface area contributed by atoms with Crippen LogP contribution < -0.4 is 9.13 Å². The first-order chi connectivity index (χ1) is 26.8. The van der Waals surface area contributed by atoms with Gasteiger partial charge in [-0.05, 0) is 101 Å². The van der Waals surface area contributed by atoms with Crippen molar-refractivity contribution in [1.29, 1.82) is 0 Å². The Morgan fingerprint density at radius 3 is 0.833 bits per heavy atom. The molecule has 54 heavy (non-hydrogen) atoms. The number of pyridine rings is 4. The van der Waals surface area contributed by atoms with Gasteiger partial charge in [-0.2, -0.15) is 9.13 Å². The van der Waals surface area contributed by atoms with Crippen LogP contribution in [0.4, 0.5) is 0 Å². The Balaban J connectivity index is 1.34. The summed E-state index contributed by atoms with van der Waals surface area (Å²) < 4.78 is 4.80. The second-order valence-corrected chi connectivity index (χ2v) is 13.2. The van der Waals surface area contributed by atoms with E-state index in [0.29, 0.717) is 0 Å². The molecule has 0 N–H and O–H groups in total. The summed E-state index contributed by atoms with van der Waals surface area (Å²) in [7, 11) is 0. The second-order valence-electron chi connectivity index (χ2n) is 13.2. The molecule has 0 aliphatic carbocycles. The minimum Gasteiger partial charge on any atom is -0.265 e. The number of hydrogen-bond acceptors (Lipinski definition) is 2. The molecule has 254 valence electrons. The van der Waals surface area contributed by atoms with Crippen LogP contribution in [0.2, 0.25) is 0 Å². The molecule has 9 aromatic rings. The monoisotopic (exact) mass is 692 g/mol. The van der Waals surface area contributed by atoms with E-state index in [4.69, 9.17) is 0 Å². The highest BCUT2D eigenvalue weighted by molar-refractivity contribution is 5.76. The van der Waals surface area contributed by atoms with Crippen LogP contribution in [0, 0.1) is 0 Å². The standard InChI is InChI=1S/C50H36N4/c1-5-14-39(15-6-1)47-32-43(37-24-28-51-29-25-37)33-48(40-16-7-2-8-17-40)53(47)45-22-13-23-46(36-45)54-49(41-18-9-3-10-19-41)34-44(38-26-30-52-31-27-38)35-50(54)42-20-11-4-12-21-42/h1-36H/q+2. The predicted molar refractivity (Wildman–Crippen MR) is 218 cm³/mol. The highest BCUT2D eigenvalue weighted by Crippen LogP contribution is 2.33. The fraction of sp³-hybridized carbons (Fsp3) is 0. The molecule has 4 heteroatoms. The molecule has 4 aromatic heterocycles. The minimum atomic E-state index is 1.05. The van der Waals surface area contributed by atoms with E-state index in [-0.39, 0.29) is 0 Å². The van der Waals surface area contributed by atoms with E-state index < -0.39 is 0 Å². The Hall–Kier alpha value is -7.30. The summed E-state index contributed by atoms with van der Waals surface area (Å²) in [5, 5.41) is 0. The summed E-state index contributed by atoms with van der Waals surface area (Å²) in [6, 6.07) is 69.1. The predicted octanol–water partition coefficient (Wildman–Crippen LogP) is 11.0. The third kappa shape index (κ3) is 6.49. The molecule has 0 saturated carbocycles. The number of benzene rings is 5. The quantitative estimate of drug-likeness (QED) is 0.149. The van der Waals surface area contributed by atoms with E-state index in [9.17, 15) is 0 Å². The Morgan fingerprint density at radius 1 is 0.241 bits per heavy atom. The van der Waals surface area contributed by atoms with Gasteiger partial charge in [0.05, 0.1) is 6.07 Å². The third-order valence-corrected chi connectivity index (χ3v) is 9.78. The average molecular weight is 693 g/mol. The average Bonchev–Trinajstić information content (AvgIpc) is 3.27. The molecule has 0 bridgehead atoms. The zero-order chi connectivity index (χ0) is 36.1. The molecule has 0 amide bonds. The van der Waals surface area contributed by atoms with Crippen LogP contribution in [0.1, 0.15) is 0 Å². The minimum absolute atomic E-state index is 1.05. The summed E-state index contributed by atoms with van der Waals surface area (Å²) >= 11 is 0. The summed E-state index contributed by atoms with van der Waals surface area (Å²) in [4.78, 5) is 8.61. The van der Waals surface area contributed by atoms with Crippen molar-refractivity contribution in [3.63, 3.8) is 0 Å². The van der Waals surface area contributed by atoms with Crippen LogP contribution in [0.15, 0.2) is 219 Å². The Bertz CT molecular complexity index is 2360. The van der Waals surface area contributed by atoms with Crippen molar-refractivity contribution in [3.05, 3.63) is 219 Å². The Morgan fingerprint density at radius 2 is 0.537 bits per heavy atom. The first kappa shape index (κ1) is 32.6. The topological polar surface area (TPSA) is 33.5 Å². The van der Waals surface area contributed by atoms with Crippen molar-refractivity contribution in [2.75, 3.05) is 0 Å². The highest BCUT2D eigenvalue weighted by Gasteiger charge is 2.29. The van der Waals surface area contributed by atoms with Gasteiger partial charge in [0.25, 0.3) is 0 Å². The van der Waals surface area contributed by atoms with Gasteiger partial charge in [-0.3, -0.25) is 9.97 Å². The summed E-state index contributed by atoms with van der Waals surface area (Å²) in [6.07, 6.45) is 7.43. The summed E-state index contributed by atoms with van der Waals surface area (Å²) in [5.41, 5.74) is 15.4. The molecule has 9 rings (SSSR count). The van der Waals surface area contributed by atoms with Gasteiger partial charge in [0.2, 0.25) is 34.2 Å². The van der Waals surface area contributed by atoms with Crippen molar-refractivity contribution in [3.8, 4) is 78.7 Å². The van der Waals surface area contributed by atoms with Crippen molar-refractivity contribution in [2.24, 2.45) is 0 Å². The van der Waals surface area contributed by atoms with E-state index in [1.807, 2.05) is 24.8 Å². The maximum Gasteiger partial charge on any atom is 0.219 e. The zero-order valence-corrected chi connectivity index (χ0v) is 29.6. The van der Waals surface area contributed by atoms with E-state index in [0.717, 1.165) is 78.7 Å². The van der Waals surface area contributed by atoms with Gasteiger partial charge in [0, 0.05) is 83.4 Å². The van der Waals surface area contributed by atoms with E-state index in [2.05, 4.69) is 213 Å². The molecule has 0 atom stereocenters. The molecule has 0 unspecified atom stereocenters. The van der Waals surface area contributed by atoms with Gasteiger partial charge in [0.15, 0.2) is 0 Å². The fourth-order valence-electron chi connectivity index (χ4n) is 7.23. The molecular weight excluding hydrogens is 657 g/mol. The number of aromatic nitrogens is 4. The number of hydrogen-bond donors (Lipinski definition) is 0. The van der Waals surface area contributed by atoms with E-state index in [1.54, 1.807) is 0 Å². The number of rotatable bonds is 8. The Labute approximate surface area is 315 Å². The van der Waals surface area contributed by atoms with E-state index in [1.165, 1.54) is 0 Å². The molecule has 0 aliphatic heterocycles. The first-order valence-electron chi connectivity index (χ1n) is 18.1. The molecule has 4 heterocycles. The fourth-order valence-corrected chi connectivity index (χ4v) is 7.23. The normalized spacial score (nSPS) is 11.0. The highest BCUT2D eigenvalue weighted by atomic mass is 15.0. The third-order valence-electron chi connectivity index (χ3n) is 9.78. The molecule has 0 radical (unpaired) electrons. The first-order valence-corrected chi connectivity index (χ1v) is 18.1. The maximum absolute atomic E-state index is 4.31.